The Kier molecular flexibility index (Phi) is 5.41. The molecule has 0 radical (unpaired) electrons. The molecule has 1 aromatic carbocycles. The molecule has 0 aliphatic carbocycles. The van der Waals surface area contributed by atoms with Crippen LogP contribution in [0.15, 0.2) is 24.3 Å². The monoisotopic (exact) mass is 310 g/mol. The van der Waals surface area contributed by atoms with Crippen molar-refractivity contribution in [1.82, 2.24) is 9.62 Å². The zero-order valence-corrected chi connectivity index (χ0v) is 14.0. The molecule has 1 heterocycles. The molecule has 21 heavy (non-hydrogen) atoms. The number of nitrogens with zero attached hydrogens (tertiary/aromatic N) is 1. The van der Waals surface area contributed by atoms with Crippen molar-refractivity contribution in [3.63, 3.8) is 0 Å². The third-order valence-corrected chi connectivity index (χ3v) is 5.62. The van der Waals surface area contributed by atoms with Gasteiger partial charge in [-0.05, 0) is 44.7 Å². The molecule has 2 unspecified atom stereocenters. The van der Waals surface area contributed by atoms with E-state index in [-0.39, 0.29) is 6.04 Å². The summed E-state index contributed by atoms with van der Waals surface area (Å²) in [5, 5.41) is 3.37. The largest absolute Gasteiger partial charge is 0.313 e. The van der Waals surface area contributed by atoms with E-state index in [0.717, 1.165) is 19.3 Å². The van der Waals surface area contributed by atoms with Gasteiger partial charge >= 0.3 is 0 Å². The predicted octanol–water partition coefficient (Wildman–Crippen LogP) is 2.32. The summed E-state index contributed by atoms with van der Waals surface area (Å²) < 4.78 is 25.0. The van der Waals surface area contributed by atoms with Crippen LogP contribution < -0.4 is 5.32 Å². The normalized spacial score (nSPS) is 22.1. The van der Waals surface area contributed by atoms with Crippen molar-refractivity contribution in [3.05, 3.63) is 35.4 Å². The van der Waals surface area contributed by atoms with Crippen molar-refractivity contribution < 1.29 is 8.42 Å². The number of nitrogens with one attached hydrogen (secondary N) is 1. The lowest BCUT2D eigenvalue weighted by Gasteiger charge is -2.33. The summed E-state index contributed by atoms with van der Waals surface area (Å²) in [6.07, 6.45) is 4.36. The van der Waals surface area contributed by atoms with Crippen LogP contribution in [-0.2, 0) is 10.0 Å². The molecule has 1 N–H and O–H groups in total. The van der Waals surface area contributed by atoms with Gasteiger partial charge < -0.3 is 5.32 Å². The van der Waals surface area contributed by atoms with Crippen LogP contribution >= 0.6 is 0 Å². The first-order valence-corrected chi connectivity index (χ1v) is 9.44. The summed E-state index contributed by atoms with van der Waals surface area (Å²) in [6, 6.07) is 8.86. The van der Waals surface area contributed by atoms with Gasteiger partial charge in [0.15, 0.2) is 0 Å². The highest BCUT2D eigenvalue weighted by molar-refractivity contribution is 7.88. The molecular formula is C16H26N2O2S. The van der Waals surface area contributed by atoms with E-state index in [1.807, 2.05) is 7.05 Å². The molecule has 118 valence electrons. The van der Waals surface area contributed by atoms with E-state index in [1.54, 1.807) is 4.31 Å². The second-order valence-corrected chi connectivity index (χ2v) is 8.10. The topological polar surface area (TPSA) is 49.4 Å². The molecule has 1 saturated heterocycles. The first-order valence-electron chi connectivity index (χ1n) is 7.59. The van der Waals surface area contributed by atoms with Crippen molar-refractivity contribution in [2.45, 2.75) is 32.2 Å². The molecule has 1 aromatic rings. The Morgan fingerprint density at radius 1 is 1.33 bits per heavy atom. The van der Waals surface area contributed by atoms with Crippen LogP contribution in [0, 0.1) is 12.8 Å². The molecule has 0 aromatic heterocycles. The van der Waals surface area contributed by atoms with Gasteiger partial charge in [-0.15, -0.1) is 0 Å². The van der Waals surface area contributed by atoms with E-state index in [2.05, 4.69) is 36.5 Å². The maximum atomic E-state index is 11.7. The number of sulfonamides is 1. The van der Waals surface area contributed by atoms with Crippen molar-refractivity contribution in [2.24, 2.45) is 5.92 Å². The Morgan fingerprint density at radius 3 is 2.57 bits per heavy atom. The predicted molar refractivity (Wildman–Crippen MR) is 86.7 cm³/mol. The zero-order chi connectivity index (χ0) is 15.5. The van der Waals surface area contributed by atoms with Gasteiger partial charge in [0, 0.05) is 19.1 Å². The van der Waals surface area contributed by atoms with Crippen LogP contribution in [0.5, 0.6) is 0 Å². The quantitative estimate of drug-likeness (QED) is 0.908. The zero-order valence-electron chi connectivity index (χ0n) is 13.2. The van der Waals surface area contributed by atoms with Crippen LogP contribution in [0.2, 0.25) is 0 Å². The van der Waals surface area contributed by atoms with E-state index >= 15 is 0 Å². The number of rotatable bonds is 5. The van der Waals surface area contributed by atoms with Crippen LogP contribution in [0.25, 0.3) is 0 Å². The van der Waals surface area contributed by atoms with Crippen molar-refractivity contribution in [3.8, 4) is 0 Å². The molecule has 1 fully saturated rings. The Balaban J connectivity index is 2.03. The van der Waals surface area contributed by atoms with Crippen LogP contribution in [-0.4, -0.2) is 39.1 Å². The summed E-state index contributed by atoms with van der Waals surface area (Å²) in [5.74, 6) is 0.423. The Morgan fingerprint density at radius 2 is 2.00 bits per heavy atom. The van der Waals surface area contributed by atoms with Gasteiger partial charge in [0.05, 0.1) is 6.26 Å². The molecule has 2 atom stereocenters. The number of piperidine rings is 1. The maximum absolute atomic E-state index is 11.7. The van der Waals surface area contributed by atoms with Crippen molar-refractivity contribution in [1.29, 1.82) is 0 Å². The molecule has 1 aliphatic heterocycles. The average molecular weight is 310 g/mol. The molecule has 2 rings (SSSR count). The number of hydrogen-bond donors (Lipinski definition) is 1. The Hall–Kier alpha value is -0.910. The summed E-state index contributed by atoms with van der Waals surface area (Å²) in [5.41, 5.74) is 2.54. The van der Waals surface area contributed by atoms with Crippen LogP contribution in [0.4, 0.5) is 0 Å². The molecular weight excluding hydrogens is 284 g/mol. The maximum Gasteiger partial charge on any atom is 0.211 e. The minimum atomic E-state index is -3.06. The summed E-state index contributed by atoms with van der Waals surface area (Å²) >= 11 is 0. The number of aryl methyl sites for hydroxylation is 1. The summed E-state index contributed by atoms with van der Waals surface area (Å²) in [6.45, 7) is 3.41. The molecule has 0 saturated carbocycles. The van der Waals surface area contributed by atoms with E-state index < -0.39 is 10.0 Å². The number of hydrogen-bond acceptors (Lipinski definition) is 3. The van der Waals surface area contributed by atoms with E-state index in [4.69, 9.17) is 0 Å². The fraction of sp³-hybridized carbons (Fsp3) is 0.625. The number of benzene rings is 1. The van der Waals surface area contributed by atoms with Gasteiger partial charge in [-0.2, -0.15) is 0 Å². The lowest BCUT2D eigenvalue weighted by atomic mass is 9.89. The van der Waals surface area contributed by atoms with Gasteiger partial charge in [0.1, 0.15) is 0 Å². The van der Waals surface area contributed by atoms with Gasteiger partial charge in [-0.25, -0.2) is 12.7 Å². The van der Waals surface area contributed by atoms with Crippen molar-refractivity contribution >= 4 is 10.0 Å². The molecule has 0 bridgehead atoms. The average Bonchev–Trinajstić information content (AvgIpc) is 2.45. The second kappa shape index (κ2) is 6.90. The van der Waals surface area contributed by atoms with Gasteiger partial charge in [0.25, 0.3) is 0 Å². The highest BCUT2D eigenvalue weighted by Crippen LogP contribution is 2.28. The van der Waals surface area contributed by atoms with Gasteiger partial charge in [0.2, 0.25) is 10.0 Å². The first-order chi connectivity index (χ1) is 9.90. The Bertz CT molecular complexity index is 554. The molecule has 1 aliphatic rings. The molecule has 0 spiro atoms. The highest BCUT2D eigenvalue weighted by Gasteiger charge is 2.27. The minimum Gasteiger partial charge on any atom is -0.313 e. The SMILES string of the molecule is CNC(CC1CCCN(S(C)(=O)=O)C1)c1ccc(C)cc1. The lowest BCUT2D eigenvalue weighted by Crippen LogP contribution is -2.40. The van der Waals surface area contributed by atoms with Crippen LogP contribution in [0.3, 0.4) is 0 Å². The highest BCUT2D eigenvalue weighted by atomic mass is 32.2. The fourth-order valence-corrected chi connectivity index (χ4v) is 4.02. The van der Waals surface area contributed by atoms with Gasteiger partial charge in [-0.1, -0.05) is 29.8 Å². The first kappa shape index (κ1) is 16.5. The van der Waals surface area contributed by atoms with E-state index in [9.17, 15) is 8.42 Å². The third-order valence-electron chi connectivity index (χ3n) is 4.35. The fourth-order valence-electron chi connectivity index (χ4n) is 3.07. The van der Waals surface area contributed by atoms with Crippen LogP contribution in [0.1, 0.15) is 36.4 Å². The standard InChI is InChI=1S/C16H26N2O2S/c1-13-6-8-15(9-7-13)16(17-2)11-14-5-4-10-18(12-14)21(3,19)20/h6-9,14,16-17H,4-5,10-12H2,1-3H3. The smallest absolute Gasteiger partial charge is 0.211 e. The van der Waals surface area contributed by atoms with E-state index in [1.165, 1.54) is 17.4 Å². The van der Waals surface area contributed by atoms with E-state index in [0.29, 0.717) is 19.0 Å². The molecule has 0 amide bonds. The lowest BCUT2D eigenvalue weighted by molar-refractivity contribution is 0.240. The molecule has 4 nitrogen and oxygen atoms in total. The van der Waals surface area contributed by atoms with Crippen molar-refractivity contribution in [2.75, 3.05) is 26.4 Å². The Labute approximate surface area is 128 Å². The summed E-state index contributed by atoms with van der Waals surface area (Å²) in [7, 11) is -1.08. The third kappa shape index (κ3) is 4.53. The summed E-state index contributed by atoms with van der Waals surface area (Å²) in [4.78, 5) is 0. The molecule has 5 heteroatoms. The minimum absolute atomic E-state index is 0.287. The second-order valence-electron chi connectivity index (χ2n) is 6.12. The van der Waals surface area contributed by atoms with Gasteiger partial charge in [-0.3, -0.25) is 0 Å².